The summed E-state index contributed by atoms with van der Waals surface area (Å²) < 4.78 is 5.14. The number of nitrogens with zero attached hydrogens (tertiary/aromatic N) is 1. The molecule has 3 heteroatoms. The minimum atomic E-state index is 0.0225. The van der Waals surface area contributed by atoms with Crippen molar-refractivity contribution in [2.45, 2.75) is 76.8 Å². The van der Waals surface area contributed by atoms with E-state index in [9.17, 15) is 4.79 Å². The largest absolute Gasteiger partial charge is 0.466 e. The average Bonchev–Trinajstić information content (AvgIpc) is 2.49. The first-order chi connectivity index (χ1) is 9.78. The molecule has 2 aliphatic carbocycles. The number of ether oxygens (including phenoxy) is 1. The SMILES string of the molecule is CCOC(=O)CC1CC2CCC1CN2C1CCCCC1. The van der Waals surface area contributed by atoms with E-state index in [1.165, 1.54) is 57.9 Å². The third-order valence-electron chi connectivity index (χ3n) is 5.80. The van der Waals surface area contributed by atoms with Crippen LogP contribution in [0.4, 0.5) is 0 Å². The number of carbonyl (C=O) groups excluding carboxylic acids is 1. The fourth-order valence-corrected chi connectivity index (χ4v) is 4.81. The molecule has 114 valence electrons. The molecule has 4 rings (SSSR count). The van der Waals surface area contributed by atoms with E-state index in [0.29, 0.717) is 18.9 Å². The zero-order valence-electron chi connectivity index (χ0n) is 12.9. The first-order valence-corrected chi connectivity index (χ1v) is 8.69. The van der Waals surface area contributed by atoms with Crippen LogP contribution in [-0.2, 0) is 9.53 Å². The van der Waals surface area contributed by atoms with Gasteiger partial charge in [-0.05, 0) is 50.9 Å². The molecule has 2 saturated carbocycles. The lowest BCUT2D eigenvalue weighted by Gasteiger charge is -2.53. The van der Waals surface area contributed by atoms with Crippen molar-refractivity contribution in [3.63, 3.8) is 0 Å². The van der Waals surface area contributed by atoms with Crippen LogP contribution in [0.25, 0.3) is 0 Å². The Morgan fingerprint density at radius 3 is 2.55 bits per heavy atom. The van der Waals surface area contributed by atoms with E-state index in [4.69, 9.17) is 4.74 Å². The van der Waals surface area contributed by atoms with Crippen LogP contribution in [0.1, 0.15) is 64.7 Å². The first kappa shape index (κ1) is 14.4. The second-order valence-electron chi connectivity index (χ2n) is 6.98. The standard InChI is InChI=1S/C17H29NO2/c1-2-20-17(19)11-14-10-16-9-8-13(14)12-18(16)15-6-4-3-5-7-15/h13-16H,2-12H2,1H3. The third kappa shape index (κ3) is 3.03. The summed E-state index contributed by atoms with van der Waals surface area (Å²) in [5.41, 5.74) is 0. The van der Waals surface area contributed by atoms with Crippen molar-refractivity contribution in [2.75, 3.05) is 13.2 Å². The second kappa shape index (κ2) is 6.46. The maximum Gasteiger partial charge on any atom is 0.306 e. The van der Waals surface area contributed by atoms with Gasteiger partial charge in [0.25, 0.3) is 0 Å². The van der Waals surface area contributed by atoms with Crippen molar-refractivity contribution in [1.29, 1.82) is 0 Å². The van der Waals surface area contributed by atoms with E-state index in [2.05, 4.69) is 4.90 Å². The highest BCUT2D eigenvalue weighted by Crippen LogP contribution is 2.43. The highest BCUT2D eigenvalue weighted by atomic mass is 16.5. The molecule has 2 bridgehead atoms. The second-order valence-corrected chi connectivity index (χ2v) is 6.98. The summed E-state index contributed by atoms with van der Waals surface area (Å²) in [4.78, 5) is 14.5. The average molecular weight is 279 g/mol. The molecule has 4 fully saturated rings. The summed E-state index contributed by atoms with van der Waals surface area (Å²) in [5, 5.41) is 0. The molecule has 0 aromatic heterocycles. The Bertz CT molecular complexity index is 338. The van der Waals surface area contributed by atoms with Gasteiger partial charge in [0, 0.05) is 25.0 Å². The lowest BCUT2D eigenvalue weighted by Crippen LogP contribution is -2.56. The Morgan fingerprint density at radius 1 is 1.10 bits per heavy atom. The van der Waals surface area contributed by atoms with Crippen molar-refractivity contribution < 1.29 is 9.53 Å². The van der Waals surface area contributed by atoms with Crippen LogP contribution in [0, 0.1) is 11.8 Å². The van der Waals surface area contributed by atoms with Crippen LogP contribution >= 0.6 is 0 Å². The van der Waals surface area contributed by atoms with Gasteiger partial charge in [0.15, 0.2) is 0 Å². The summed E-state index contributed by atoms with van der Waals surface area (Å²) in [6, 6.07) is 1.60. The number of hydrogen-bond acceptors (Lipinski definition) is 3. The number of piperidine rings is 2. The Balaban J connectivity index is 1.56. The number of rotatable bonds is 4. The smallest absolute Gasteiger partial charge is 0.306 e. The molecule has 0 spiro atoms. The van der Waals surface area contributed by atoms with Gasteiger partial charge >= 0.3 is 5.97 Å². The summed E-state index contributed by atoms with van der Waals surface area (Å²) in [7, 11) is 0. The van der Waals surface area contributed by atoms with Gasteiger partial charge in [-0.15, -0.1) is 0 Å². The predicted octanol–water partition coefficient (Wildman–Crippen LogP) is 3.37. The van der Waals surface area contributed by atoms with Gasteiger partial charge in [0.05, 0.1) is 6.61 Å². The summed E-state index contributed by atoms with van der Waals surface area (Å²) in [6.07, 6.45) is 11.7. The van der Waals surface area contributed by atoms with Crippen LogP contribution in [0.2, 0.25) is 0 Å². The van der Waals surface area contributed by atoms with Gasteiger partial charge in [-0.2, -0.15) is 0 Å². The predicted molar refractivity (Wildman–Crippen MR) is 79.4 cm³/mol. The zero-order chi connectivity index (χ0) is 13.9. The quantitative estimate of drug-likeness (QED) is 0.739. The molecule has 0 amide bonds. The van der Waals surface area contributed by atoms with Gasteiger partial charge < -0.3 is 4.74 Å². The molecule has 3 atom stereocenters. The fourth-order valence-electron chi connectivity index (χ4n) is 4.81. The maximum absolute atomic E-state index is 11.7. The summed E-state index contributed by atoms with van der Waals surface area (Å²) in [6.45, 7) is 3.67. The van der Waals surface area contributed by atoms with E-state index < -0.39 is 0 Å². The van der Waals surface area contributed by atoms with Gasteiger partial charge in [-0.1, -0.05) is 19.3 Å². The normalized spacial score (nSPS) is 35.1. The molecular formula is C17H29NO2. The van der Waals surface area contributed by atoms with E-state index >= 15 is 0 Å². The van der Waals surface area contributed by atoms with Gasteiger partial charge in [-0.3, -0.25) is 9.69 Å². The molecule has 3 unspecified atom stereocenters. The molecule has 2 heterocycles. The summed E-state index contributed by atoms with van der Waals surface area (Å²) >= 11 is 0. The molecule has 2 aliphatic heterocycles. The van der Waals surface area contributed by atoms with E-state index in [1.54, 1.807) is 0 Å². The number of fused-ring (bicyclic) bond motifs is 3. The molecule has 0 radical (unpaired) electrons. The van der Waals surface area contributed by atoms with Crippen molar-refractivity contribution >= 4 is 5.97 Å². The van der Waals surface area contributed by atoms with Gasteiger partial charge in [-0.25, -0.2) is 0 Å². The van der Waals surface area contributed by atoms with Gasteiger partial charge in [0.2, 0.25) is 0 Å². The van der Waals surface area contributed by atoms with E-state index in [1.807, 2.05) is 6.92 Å². The number of esters is 1. The Kier molecular flexibility index (Phi) is 4.65. The molecule has 2 saturated heterocycles. The lowest BCUT2D eigenvalue weighted by atomic mass is 9.69. The Hall–Kier alpha value is -0.570. The van der Waals surface area contributed by atoms with Crippen LogP contribution in [-0.4, -0.2) is 36.1 Å². The highest BCUT2D eigenvalue weighted by molar-refractivity contribution is 5.69. The van der Waals surface area contributed by atoms with Crippen LogP contribution < -0.4 is 0 Å². The number of carbonyl (C=O) groups is 1. The molecular weight excluding hydrogens is 250 g/mol. The van der Waals surface area contributed by atoms with Crippen LogP contribution in [0.5, 0.6) is 0 Å². The third-order valence-corrected chi connectivity index (χ3v) is 5.80. The minimum absolute atomic E-state index is 0.0225. The Labute approximate surface area is 123 Å². The molecule has 20 heavy (non-hydrogen) atoms. The lowest BCUT2D eigenvalue weighted by molar-refractivity contribution is -0.146. The van der Waals surface area contributed by atoms with E-state index in [0.717, 1.165) is 18.0 Å². The highest BCUT2D eigenvalue weighted by Gasteiger charge is 2.43. The van der Waals surface area contributed by atoms with Crippen molar-refractivity contribution in [1.82, 2.24) is 4.90 Å². The molecule has 0 aromatic carbocycles. The van der Waals surface area contributed by atoms with Crippen molar-refractivity contribution in [2.24, 2.45) is 11.8 Å². The van der Waals surface area contributed by atoms with Crippen molar-refractivity contribution in [3.8, 4) is 0 Å². The molecule has 3 nitrogen and oxygen atoms in total. The summed E-state index contributed by atoms with van der Waals surface area (Å²) in [5.74, 6) is 1.35. The van der Waals surface area contributed by atoms with Crippen LogP contribution in [0.15, 0.2) is 0 Å². The maximum atomic E-state index is 11.7. The minimum Gasteiger partial charge on any atom is -0.466 e. The van der Waals surface area contributed by atoms with E-state index in [-0.39, 0.29) is 5.97 Å². The number of hydrogen-bond donors (Lipinski definition) is 0. The van der Waals surface area contributed by atoms with Crippen LogP contribution in [0.3, 0.4) is 0 Å². The Morgan fingerprint density at radius 2 is 1.90 bits per heavy atom. The molecule has 0 N–H and O–H groups in total. The molecule has 0 aromatic rings. The van der Waals surface area contributed by atoms with Crippen molar-refractivity contribution in [3.05, 3.63) is 0 Å². The topological polar surface area (TPSA) is 29.5 Å². The van der Waals surface area contributed by atoms with Gasteiger partial charge in [0.1, 0.15) is 0 Å². The molecule has 4 aliphatic rings. The fraction of sp³-hybridized carbons (Fsp3) is 0.941. The zero-order valence-corrected chi connectivity index (χ0v) is 12.9. The first-order valence-electron chi connectivity index (χ1n) is 8.69. The monoisotopic (exact) mass is 279 g/mol.